The summed E-state index contributed by atoms with van der Waals surface area (Å²) in [5.74, 6) is 0.0805. The summed E-state index contributed by atoms with van der Waals surface area (Å²) in [5.41, 5.74) is -0.382. The molecule has 1 N–H and O–H groups in total. The third-order valence-corrected chi connectivity index (χ3v) is 3.45. The molecule has 2 aliphatic heterocycles. The highest BCUT2D eigenvalue weighted by atomic mass is 16.2. The van der Waals surface area contributed by atoms with Gasteiger partial charge in [-0.15, -0.1) is 6.58 Å². The summed E-state index contributed by atoms with van der Waals surface area (Å²) < 4.78 is 1.56. The Morgan fingerprint density at radius 2 is 2.04 bits per heavy atom. The number of hydrogen-bond donors (Lipinski definition) is 1. The number of nitrogens with one attached hydrogen (secondary N) is 1. The normalized spacial score (nSPS) is 10.9. The van der Waals surface area contributed by atoms with Gasteiger partial charge in [-0.1, -0.05) is 19.6 Å². The molecule has 8 nitrogen and oxygen atoms in total. The van der Waals surface area contributed by atoms with E-state index in [0.29, 0.717) is 17.8 Å². The minimum absolute atomic E-state index is 0.00168. The summed E-state index contributed by atoms with van der Waals surface area (Å²) in [6.07, 6.45) is 3.47. The molecule has 0 aromatic heterocycles. The number of aromatic nitrogens is 4. The Balaban J connectivity index is 2.99. The molecule has 0 fully saturated rings. The minimum Gasteiger partial charge on any atom is -0.319 e. The monoisotopic (exact) mass is 334 g/mol. The van der Waals surface area contributed by atoms with Crippen LogP contribution in [0.4, 0.5) is 0 Å². The summed E-state index contributed by atoms with van der Waals surface area (Å²) >= 11 is 0. The summed E-state index contributed by atoms with van der Waals surface area (Å²) in [6.45, 7) is 9.27. The van der Waals surface area contributed by atoms with E-state index in [0.717, 1.165) is 0 Å². The van der Waals surface area contributed by atoms with Crippen LogP contribution >= 0.6 is 0 Å². The lowest BCUT2D eigenvalue weighted by atomic mass is 10.1. The van der Waals surface area contributed by atoms with Gasteiger partial charge in [0.2, 0.25) is 0 Å². The van der Waals surface area contributed by atoms with Crippen LogP contribution in [0.15, 0.2) is 40.0 Å². The standard InChI is InChI=1S/C17H14N6O2/c1-4-6-23-13(7-11(9-19)10(3)8-18)12(5-2)20-14-15(23)21-17(25)22-16(14)24/h4,7H,1,3,5-6H2,2H3,(H,22,24,25)/b11-7-. The van der Waals surface area contributed by atoms with Crippen molar-refractivity contribution >= 4 is 6.08 Å². The highest BCUT2D eigenvalue weighted by Gasteiger charge is 2.20. The van der Waals surface area contributed by atoms with Crippen LogP contribution in [0.3, 0.4) is 0 Å². The molecule has 0 unspecified atom stereocenters. The van der Waals surface area contributed by atoms with Crippen LogP contribution in [0.25, 0.3) is 17.6 Å². The van der Waals surface area contributed by atoms with Crippen LogP contribution in [0.5, 0.6) is 0 Å². The maximum Gasteiger partial charge on any atom is 0.349 e. The predicted molar refractivity (Wildman–Crippen MR) is 91.5 cm³/mol. The molecule has 8 heteroatoms. The molecule has 0 aromatic carbocycles. The van der Waals surface area contributed by atoms with E-state index < -0.39 is 11.2 Å². The minimum atomic E-state index is -0.793. The lowest BCUT2D eigenvalue weighted by molar-refractivity contribution is 0.744. The number of aryl methyl sites for hydroxylation is 1. The molecular weight excluding hydrogens is 320 g/mol. The zero-order chi connectivity index (χ0) is 18.6. The van der Waals surface area contributed by atoms with E-state index in [-0.39, 0.29) is 29.2 Å². The fourth-order valence-electron chi connectivity index (χ4n) is 2.31. The zero-order valence-electron chi connectivity index (χ0n) is 13.5. The molecule has 2 heterocycles. The first kappa shape index (κ1) is 17.6. The van der Waals surface area contributed by atoms with Crippen LogP contribution in [-0.4, -0.2) is 19.5 Å². The first-order valence-corrected chi connectivity index (χ1v) is 7.32. The maximum absolute atomic E-state index is 12.0. The fourth-order valence-corrected chi connectivity index (χ4v) is 2.31. The highest BCUT2D eigenvalue weighted by molar-refractivity contribution is 5.67. The van der Waals surface area contributed by atoms with Crippen molar-refractivity contribution in [3.05, 3.63) is 62.6 Å². The van der Waals surface area contributed by atoms with Crippen molar-refractivity contribution in [1.82, 2.24) is 19.5 Å². The lowest BCUT2D eigenvalue weighted by Crippen LogP contribution is -2.30. The molecule has 124 valence electrons. The molecule has 0 atom stereocenters. The van der Waals surface area contributed by atoms with Crippen LogP contribution in [0, 0.1) is 22.7 Å². The molecule has 2 rings (SSSR count). The molecule has 0 bridgehead atoms. The fraction of sp³-hybridized carbons (Fsp3) is 0.176. The van der Waals surface area contributed by atoms with Crippen LogP contribution in [0.2, 0.25) is 0 Å². The van der Waals surface area contributed by atoms with Gasteiger partial charge >= 0.3 is 5.69 Å². The van der Waals surface area contributed by atoms with Crippen molar-refractivity contribution in [3.63, 3.8) is 0 Å². The maximum atomic E-state index is 12.0. The van der Waals surface area contributed by atoms with Gasteiger partial charge in [-0.2, -0.15) is 15.5 Å². The molecule has 0 spiro atoms. The van der Waals surface area contributed by atoms with Gasteiger partial charge in [-0.25, -0.2) is 9.78 Å². The first-order valence-electron chi connectivity index (χ1n) is 7.32. The van der Waals surface area contributed by atoms with Gasteiger partial charge in [-0.3, -0.25) is 9.78 Å². The second kappa shape index (κ2) is 7.20. The molecule has 0 saturated heterocycles. The smallest absolute Gasteiger partial charge is 0.319 e. The van der Waals surface area contributed by atoms with Crippen LogP contribution < -0.4 is 11.2 Å². The average molecular weight is 334 g/mol. The highest BCUT2D eigenvalue weighted by Crippen LogP contribution is 2.22. The number of nitrogens with zero attached hydrogens (tertiary/aromatic N) is 5. The number of allylic oxidation sites excluding steroid dienone is 3. The number of hydrogen-bond acceptors (Lipinski definition) is 6. The molecule has 0 radical (unpaired) electrons. The van der Waals surface area contributed by atoms with E-state index in [1.807, 2.05) is 19.1 Å². The average Bonchev–Trinajstić information content (AvgIpc) is 2.60. The van der Waals surface area contributed by atoms with Crippen molar-refractivity contribution in [1.29, 1.82) is 10.5 Å². The van der Waals surface area contributed by atoms with Gasteiger partial charge < -0.3 is 4.57 Å². The second-order valence-electron chi connectivity index (χ2n) is 5.00. The quantitative estimate of drug-likeness (QED) is 0.496. The molecule has 0 aromatic rings. The van der Waals surface area contributed by atoms with E-state index in [1.165, 1.54) is 6.08 Å². The second-order valence-corrected chi connectivity index (χ2v) is 5.00. The Hall–Kier alpha value is -3.78. The Morgan fingerprint density at radius 3 is 2.60 bits per heavy atom. The van der Waals surface area contributed by atoms with E-state index in [4.69, 9.17) is 5.26 Å². The number of H-pyrrole nitrogens is 1. The molecule has 0 aliphatic carbocycles. The van der Waals surface area contributed by atoms with E-state index in [2.05, 4.69) is 28.1 Å². The van der Waals surface area contributed by atoms with Crippen molar-refractivity contribution in [2.75, 3.05) is 0 Å². The van der Waals surface area contributed by atoms with Gasteiger partial charge in [-0.05, 0) is 12.5 Å². The largest absolute Gasteiger partial charge is 0.349 e. The summed E-state index contributed by atoms with van der Waals surface area (Å²) in [4.78, 5) is 33.8. The summed E-state index contributed by atoms with van der Waals surface area (Å²) in [6, 6.07) is 3.74. The van der Waals surface area contributed by atoms with Crippen LogP contribution in [0.1, 0.15) is 18.3 Å². The number of aromatic amines is 1. The van der Waals surface area contributed by atoms with Crippen LogP contribution in [-0.2, 0) is 13.0 Å². The van der Waals surface area contributed by atoms with E-state index in [9.17, 15) is 14.9 Å². The molecule has 2 aliphatic rings. The zero-order valence-corrected chi connectivity index (χ0v) is 13.5. The Labute approximate surface area is 143 Å². The third-order valence-electron chi connectivity index (χ3n) is 3.45. The van der Waals surface area contributed by atoms with Gasteiger partial charge in [0.1, 0.15) is 6.07 Å². The Bertz CT molecular complexity index is 1060. The van der Waals surface area contributed by atoms with Crippen molar-refractivity contribution < 1.29 is 0 Å². The molecular formula is C17H14N6O2. The number of fused-ring (bicyclic) bond motifs is 1. The van der Waals surface area contributed by atoms with Gasteiger partial charge in [0, 0.05) is 6.54 Å². The molecule has 0 saturated carbocycles. The number of nitriles is 2. The van der Waals surface area contributed by atoms with E-state index >= 15 is 0 Å². The third kappa shape index (κ3) is 3.28. The summed E-state index contributed by atoms with van der Waals surface area (Å²) in [7, 11) is 0. The lowest BCUT2D eigenvalue weighted by Gasteiger charge is -2.18. The molecule has 0 amide bonds. The van der Waals surface area contributed by atoms with Crippen molar-refractivity contribution in [3.8, 4) is 23.7 Å². The Kier molecular flexibility index (Phi) is 5.06. The van der Waals surface area contributed by atoms with Gasteiger partial charge in [0.15, 0.2) is 11.5 Å². The van der Waals surface area contributed by atoms with Crippen molar-refractivity contribution in [2.45, 2.75) is 19.9 Å². The first-order chi connectivity index (χ1) is 12.0. The summed E-state index contributed by atoms with van der Waals surface area (Å²) in [5, 5.41) is 18.3. The van der Waals surface area contributed by atoms with Crippen molar-refractivity contribution in [2.24, 2.45) is 0 Å². The predicted octanol–water partition coefficient (Wildman–Crippen LogP) is 1.17. The topological polar surface area (TPSA) is 128 Å². The molecule has 25 heavy (non-hydrogen) atoms. The Morgan fingerprint density at radius 1 is 1.32 bits per heavy atom. The van der Waals surface area contributed by atoms with Gasteiger partial charge in [0.05, 0.1) is 28.6 Å². The SMILES string of the molecule is C=CCn1c2nc(=O)[nH]c(=O)c-2nc(CC)c1/C=C(/C#N)C(=C)C#N. The van der Waals surface area contributed by atoms with E-state index in [1.54, 1.807) is 10.6 Å². The number of rotatable bonds is 5. The van der Waals surface area contributed by atoms with Gasteiger partial charge in [0.25, 0.3) is 5.56 Å².